The van der Waals surface area contributed by atoms with Crippen LogP contribution in [0.15, 0.2) is 53.7 Å². The molecule has 2 heterocycles. The normalized spacial score (nSPS) is 17.7. The molecule has 0 bridgehead atoms. The maximum absolute atomic E-state index is 13.3. The number of aromatic nitrogens is 3. The van der Waals surface area contributed by atoms with Gasteiger partial charge in [0, 0.05) is 12.1 Å². The lowest BCUT2D eigenvalue weighted by Crippen LogP contribution is -2.41. The SMILES string of the molecule is CCOc1ccc([C@@H]2Nn3c(CC)nnc3S[C@H]2C(=O)Nc2cccc(C)c2)cc1. The van der Waals surface area contributed by atoms with Gasteiger partial charge in [0.05, 0.1) is 12.6 Å². The molecule has 1 aromatic heterocycles. The van der Waals surface area contributed by atoms with Crippen LogP contribution in [0.2, 0.25) is 0 Å². The molecule has 3 aromatic rings. The molecule has 1 aliphatic rings. The quantitative estimate of drug-likeness (QED) is 0.625. The Labute approximate surface area is 180 Å². The summed E-state index contributed by atoms with van der Waals surface area (Å²) in [6, 6.07) is 15.4. The smallest absolute Gasteiger partial charge is 0.240 e. The summed E-state index contributed by atoms with van der Waals surface area (Å²) in [5.41, 5.74) is 6.34. The second-order valence-electron chi connectivity index (χ2n) is 7.09. The van der Waals surface area contributed by atoms with Gasteiger partial charge in [0.2, 0.25) is 11.1 Å². The Morgan fingerprint density at radius 1 is 1.20 bits per heavy atom. The van der Waals surface area contributed by atoms with Crippen molar-refractivity contribution < 1.29 is 9.53 Å². The highest BCUT2D eigenvalue weighted by Crippen LogP contribution is 2.38. The molecule has 7 nitrogen and oxygen atoms in total. The molecule has 0 fully saturated rings. The average Bonchev–Trinajstić information content (AvgIpc) is 3.16. The molecule has 8 heteroatoms. The standard InChI is InChI=1S/C22H25N5O2S/c1-4-18-24-25-22-27(18)26-19(15-9-11-17(12-10-15)29-5-2)20(30-22)21(28)23-16-8-6-7-14(3)13-16/h6-13,19-20,26H,4-5H2,1-3H3,(H,23,28)/t19-,20+/m0/s1. The van der Waals surface area contributed by atoms with Crippen LogP contribution in [0.3, 0.4) is 0 Å². The molecule has 0 spiro atoms. The summed E-state index contributed by atoms with van der Waals surface area (Å²) in [5.74, 6) is 1.57. The summed E-state index contributed by atoms with van der Waals surface area (Å²) < 4.78 is 7.45. The van der Waals surface area contributed by atoms with E-state index in [1.54, 1.807) is 0 Å². The van der Waals surface area contributed by atoms with E-state index in [1.165, 1.54) is 11.8 Å². The third-order valence-electron chi connectivity index (χ3n) is 4.91. The van der Waals surface area contributed by atoms with Gasteiger partial charge in [-0.25, -0.2) is 4.68 Å². The van der Waals surface area contributed by atoms with E-state index >= 15 is 0 Å². The van der Waals surface area contributed by atoms with E-state index in [-0.39, 0.29) is 11.9 Å². The number of hydrogen-bond acceptors (Lipinski definition) is 6. The topological polar surface area (TPSA) is 81.1 Å². The molecular weight excluding hydrogens is 398 g/mol. The summed E-state index contributed by atoms with van der Waals surface area (Å²) in [7, 11) is 0. The lowest BCUT2D eigenvalue weighted by Gasteiger charge is -2.33. The number of hydrogen-bond donors (Lipinski definition) is 2. The summed E-state index contributed by atoms with van der Waals surface area (Å²) in [4.78, 5) is 13.3. The predicted molar refractivity (Wildman–Crippen MR) is 119 cm³/mol. The minimum atomic E-state index is -0.412. The maximum atomic E-state index is 13.3. The predicted octanol–water partition coefficient (Wildman–Crippen LogP) is 3.95. The van der Waals surface area contributed by atoms with E-state index in [0.717, 1.165) is 34.8 Å². The first kappa shape index (κ1) is 20.3. The minimum absolute atomic E-state index is 0.0794. The molecule has 2 N–H and O–H groups in total. The Morgan fingerprint density at radius 3 is 2.70 bits per heavy atom. The number of carbonyl (C=O) groups is 1. The van der Waals surface area contributed by atoms with E-state index in [1.807, 2.05) is 74.0 Å². The number of rotatable bonds is 6. The Morgan fingerprint density at radius 2 is 2.00 bits per heavy atom. The highest BCUT2D eigenvalue weighted by atomic mass is 32.2. The molecule has 0 saturated carbocycles. The minimum Gasteiger partial charge on any atom is -0.494 e. The van der Waals surface area contributed by atoms with E-state index in [9.17, 15) is 4.79 Å². The zero-order valence-corrected chi connectivity index (χ0v) is 18.1. The van der Waals surface area contributed by atoms with E-state index in [0.29, 0.717) is 11.8 Å². The number of benzene rings is 2. The van der Waals surface area contributed by atoms with E-state index in [4.69, 9.17) is 4.74 Å². The molecular formula is C22H25N5O2S. The van der Waals surface area contributed by atoms with Crippen molar-refractivity contribution in [2.75, 3.05) is 17.3 Å². The van der Waals surface area contributed by atoms with Gasteiger partial charge < -0.3 is 15.5 Å². The van der Waals surface area contributed by atoms with Crippen LogP contribution in [0.1, 0.15) is 36.8 Å². The third-order valence-corrected chi connectivity index (χ3v) is 6.13. The van der Waals surface area contributed by atoms with Crippen LogP contribution in [-0.4, -0.2) is 32.6 Å². The van der Waals surface area contributed by atoms with Crippen molar-refractivity contribution in [3.63, 3.8) is 0 Å². The van der Waals surface area contributed by atoms with Crippen molar-refractivity contribution in [1.29, 1.82) is 0 Å². The lowest BCUT2D eigenvalue weighted by molar-refractivity contribution is -0.116. The molecule has 156 valence electrons. The second-order valence-corrected chi connectivity index (χ2v) is 8.20. The maximum Gasteiger partial charge on any atom is 0.240 e. The molecule has 1 amide bonds. The summed E-state index contributed by atoms with van der Waals surface area (Å²) in [6.07, 6.45) is 0.747. The number of anilines is 1. The number of nitrogens with zero attached hydrogens (tertiary/aromatic N) is 3. The van der Waals surface area contributed by atoms with Crippen molar-refractivity contribution in [3.05, 3.63) is 65.5 Å². The molecule has 4 rings (SSSR count). The molecule has 0 radical (unpaired) electrons. The molecule has 30 heavy (non-hydrogen) atoms. The van der Waals surface area contributed by atoms with Gasteiger partial charge in [-0.2, -0.15) is 0 Å². The van der Waals surface area contributed by atoms with Gasteiger partial charge in [0.15, 0.2) is 5.82 Å². The van der Waals surface area contributed by atoms with Crippen LogP contribution in [0.4, 0.5) is 5.69 Å². The Hall–Kier alpha value is -3.00. The van der Waals surface area contributed by atoms with Crippen molar-refractivity contribution in [2.45, 2.75) is 43.6 Å². The summed E-state index contributed by atoms with van der Waals surface area (Å²) in [6.45, 7) is 6.61. The first-order chi connectivity index (χ1) is 14.6. The van der Waals surface area contributed by atoms with Crippen LogP contribution in [-0.2, 0) is 11.2 Å². The monoisotopic (exact) mass is 423 g/mol. The summed E-state index contributed by atoms with van der Waals surface area (Å²) >= 11 is 1.43. The van der Waals surface area contributed by atoms with Gasteiger partial charge in [0.1, 0.15) is 11.0 Å². The van der Waals surface area contributed by atoms with Crippen molar-refractivity contribution >= 4 is 23.4 Å². The molecule has 2 aromatic carbocycles. The largest absolute Gasteiger partial charge is 0.494 e. The summed E-state index contributed by atoms with van der Waals surface area (Å²) in [5, 5.41) is 11.8. The average molecular weight is 424 g/mol. The number of amides is 1. The molecule has 0 aliphatic carbocycles. The van der Waals surface area contributed by atoms with Gasteiger partial charge in [-0.05, 0) is 49.2 Å². The number of carbonyl (C=O) groups excluding carboxylic acids is 1. The number of thioether (sulfide) groups is 1. The van der Waals surface area contributed by atoms with Crippen LogP contribution < -0.4 is 15.5 Å². The van der Waals surface area contributed by atoms with Crippen molar-refractivity contribution in [2.24, 2.45) is 0 Å². The van der Waals surface area contributed by atoms with Gasteiger partial charge in [-0.15, -0.1) is 10.2 Å². The molecule has 0 unspecified atom stereocenters. The van der Waals surface area contributed by atoms with Crippen molar-refractivity contribution in [1.82, 2.24) is 14.9 Å². The number of aryl methyl sites for hydroxylation is 2. The fourth-order valence-corrected chi connectivity index (χ4v) is 4.55. The van der Waals surface area contributed by atoms with Gasteiger partial charge in [-0.1, -0.05) is 43.0 Å². The number of fused-ring (bicyclic) bond motifs is 1. The number of nitrogens with one attached hydrogen (secondary N) is 2. The third kappa shape index (κ3) is 4.14. The Bertz CT molecular complexity index is 1030. The Balaban J connectivity index is 1.65. The first-order valence-electron chi connectivity index (χ1n) is 10.1. The van der Waals surface area contributed by atoms with Crippen LogP contribution in [0, 0.1) is 6.92 Å². The van der Waals surface area contributed by atoms with Crippen LogP contribution in [0.5, 0.6) is 5.75 Å². The van der Waals surface area contributed by atoms with E-state index < -0.39 is 5.25 Å². The zero-order valence-electron chi connectivity index (χ0n) is 17.3. The highest BCUT2D eigenvalue weighted by Gasteiger charge is 2.37. The molecule has 2 atom stereocenters. The fraction of sp³-hybridized carbons (Fsp3) is 0.318. The Kier molecular flexibility index (Phi) is 5.94. The zero-order chi connectivity index (χ0) is 21.1. The van der Waals surface area contributed by atoms with Gasteiger partial charge >= 0.3 is 0 Å². The van der Waals surface area contributed by atoms with E-state index in [2.05, 4.69) is 20.9 Å². The van der Waals surface area contributed by atoms with Crippen LogP contribution >= 0.6 is 11.8 Å². The van der Waals surface area contributed by atoms with Gasteiger partial charge in [0.25, 0.3) is 0 Å². The highest BCUT2D eigenvalue weighted by molar-refractivity contribution is 8.00. The second kappa shape index (κ2) is 8.79. The van der Waals surface area contributed by atoms with Gasteiger partial charge in [-0.3, -0.25) is 4.79 Å². The first-order valence-corrected chi connectivity index (χ1v) is 10.9. The molecule has 1 aliphatic heterocycles. The van der Waals surface area contributed by atoms with Crippen molar-refractivity contribution in [3.8, 4) is 5.75 Å². The lowest BCUT2D eigenvalue weighted by atomic mass is 10.0. The number of ether oxygens (including phenoxy) is 1. The molecule has 0 saturated heterocycles. The fourth-order valence-electron chi connectivity index (χ4n) is 3.45. The van der Waals surface area contributed by atoms with Crippen LogP contribution in [0.25, 0.3) is 0 Å².